The molecular weight excluding hydrogens is 1480 g/mol. The number of nitrogens with one attached hydrogen (secondary N) is 1. The van der Waals surface area contributed by atoms with Gasteiger partial charge in [0.1, 0.15) is 19.8 Å². The first-order valence-electron chi connectivity index (χ1n) is 40.5. The number of alkyl halides is 4. The molecule has 0 aromatic rings. The van der Waals surface area contributed by atoms with Crippen molar-refractivity contribution in [2.75, 3.05) is 120 Å². The molecule has 1 fully saturated rings. The molecule has 0 aromatic carbocycles. The van der Waals surface area contributed by atoms with Crippen molar-refractivity contribution < 1.29 is 110 Å². The van der Waals surface area contributed by atoms with Crippen LogP contribution in [0.2, 0.25) is 0 Å². The summed E-state index contributed by atoms with van der Waals surface area (Å²) >= 11 is 0. The van der Waals surface area contributed by atoms with Crippen molar-refractivity contribution in [3.63, 3.8) is 0 Å². The van der Waals surface area contributed by atoms with Crippen LogP contribution in [0.25, 0.3) is 0 Å². The van der Waals surface area contributed by atoms with Gasteiger partial charge in [0.15, 0.2) is 21.2 Å². The summed E-state index contributed by atoms with van der Waals surface area (Å²) in [6.45, 7) is 26.5. The van der Waals surface area contributed by atoms with Crippen LogP contribution in [-0.4, -0.2) is 209 Å². The number of sulfonamides is 1. The molecule has 0 bridgehead atoms. The third-order valence-electron chi connectivity index (χ3n) is 19.6. The van der Waals surface area contributed by atoms with Crippen LogP contribution in [0.15, 0.2) is 0 Å². The van der Waals surface area contributed by atoms with Crippen LogP contribution in [0.5, 0.6) is 0 Å². The molecule has 6 unspecified atom stereocenters. The molecule has 0 aromatic heterocycles. The summed E-state index contributed by atoms with van der Waals surface area (Å²) in [5.74, 6) is -6.61. The van der Waals surface area contributed by atoms with E-state index in [1.54, 1.807) is 0 Å². The number of nitrogens with two attached hydrogens (primary N) is 1. The Labute approximate surface area is 656 Å². The number of esters is 4. The van der Waals surface area contributed by atoms with Crippen molar-refractivity contribution in [3.05, 3.63) is 0 Å². The minimum Gasteiger partial charge on any atom is -0.756 e. The van der Waals surface area contributed by atoms with Crippen LogP contribution in [0.1, 0.15) is 295 Å². The van der Waals surface area contributed by atoms with Crippen LogP contribution in [0, 0.1) is 28.6 Å². The molecule has 648 valence electrons. The lowest BCUT2D eigenvalue weighted by molar-refractivity contribution is -0.870. The third kappa shape index (κ3) is 53.4. The van der Waals surface area contributed by atoms with Gasteiger partial charge in [-0.3, -0.25) is 38.2 Å². The molecule has 109 heavy (non-hydrogen) atoms. The molecule has 24 nitrogen and oxygen atoms in total. The summed E-state index contributed by atoms with van der Waals surface area (Å²) in [7, 11) is -5.98. The fourth-order valence-electron chi connectivity index (χ4n) is 10.9. The number of sulfone groups is 1. The van der Waals surface area contributed by atoms with Crippen molar-refractivity contribution in [1.29, 1.82) is 0 Å². The largest absolute Gasteiger partial charge is 0.756 e. The smallest absolute Gasteiger partial charge is 0.420 e. The maximum atomic E-state index is 13.0. The number of halogens is 4. The number of likely N-dealkylation sites (N-methyl/N-ethyl adjacent to an activating group) is 2. The Balaban J connectivity index is -0.00000143. The second-order valence-electron chi connectivity index (χ2n) is 31.8. The average molecular weight is 1640 g/mol. The summed E-state index contributed by atoms with van der Waals surface area (Å²) in [6, 6.07) is 0. The van der Waals surface area contributed by atoms with Gasteiger partial charge in [-0.05, 0) is 100 Å². The molecule has 0 spiro atoms. The number of phosphoric acid groups is 1. The number of hydrogen-bond donors (Lipinski definition) is 2. The molecule has 1 heterocycles. The number of ether oxygens (including phenoxy) is 5. The molecule has 1 aliphatic rings. The number of quaternary nitrogens is 1. The first-order valence-corrected chi connectivity index (χ1v) is 45.3. The first-order chi connectivity index (χ1) is 50.8. The van der Waals surface area contributed by atoms with Gasteiger partial charge in [0, 0.05) is 65.6 Å². The topological polar surface area (TPSA) is 320 Å². The van der Waals surface area contributed by atoms with E-state index in [0.29, 0.717) is 30.4 Å². The molecular formula is C78H152F4N5O19PS2. The normalized spacial score (nSPS) is 15.5. The van der Waals surface area contributed by atoms with Crippen LogP contribution in [0.4, 0.5) is 17.6 Å². The maximum absolute atomic E-state index is 13.0. The van der Waals surface area contributed by atoms with Gasteiger partial charge >= 0.3 is 35.1 Å². The molecule has 0 radical (unpaired) electrons. The van der Waals surface area contributed by atoms with Crippen molar-refractivity contribution in [1.82, 2.24) is 14.5 Å². The fourth-order valence-corrected chi connectivity index (χ4v) is 13.6. The van der Waals surface area contributed by atoms with Gasteiger partial charge in [-0.2, -0.15) is 21.9 Å². The molecule has 0 aliphatic carbocycles. The van der Waals surface area contributed by atoms with E-state index in [2.05, 4.69) is 72.4 Å². The van der Waals surface area contributed by atoms with E-state index in [-0.39, 0.29) is 97.5 Å². The molecule has 0 saturated carbocycles. The van der Waals surface area contributed by atoms with E-state index in [4.69, 9.17) is 33.7 Å². The number of rotatable bonds is 61. The Hall–Kier alpha value is -3.45. The lowest BCUT2D eigenvalue weighted by Gasteiger charge is -2.40. The lowest BCUT2D eigenvalue weighted by atomic mass is 9.65. The van der Waals surface area contributed by atoms with Crippen LogP contribution in [-0.2, 0) is 85.9 Å². The molecule has 1 saturated heterocycles. The van der Waals surface area contributed by atoms with Crippen molar-refractivity contribution in [2.24, 2.45) is 34.3 Å². The first kappa shape index (κ1) is 110. The number of nitrogens with zero attached hydrogens (tertiary/aromatic N) is 3. The van der Waals surface area contributed by atoms with E-state index < -0.39 is 93.7 Å². The molecule has 6 atom stereocenters. The Morgan fingerprint density at radius 3 is 1.57 bits per heavy atom. The average Bonchev–Trinajstić information content (AvgIpc) is 1.26. The summed E-state index contributed by atoms with van der Waals surface area (Å²) < 4.78 is 146. The van der Waals surface area contributed by atoms with Gasteiger partial charge < -0.3 is 53.2 Å². The van der Waals surface area contributed by atoms with E-state index in [1.807, 2.05) is 35.0 Å². The molecule has 3 N–H and O–H groups in total. The van der Waals surface area contributed by atoms with E-state index in [0.717, 1.165) is 155 Å². The summed E-state index contributed by atoms with van der Waals surface area (Å²) in [5, 5.41) is -3.19. The van der Waals surface area contributed by atoms with E-state index >= 15 is 0 Å². The van der Waals surface area contributed by atoms with Gasteiger partial charge in [-0.15, -0.1) is 0 Å². The summed E-state index contributed by atoms with van der Waals surface area (Å²) in [5.41, 5.74) is 5.62. The zero-order chi connectivity index (χ0) is 84.0. The standard InChI is InChI=1S/C28H56NO8P.C22H43N3O2.C21H40O6S.C7H13F4NO3S/c1-6-8-10-12-14-16-18-20-27(30)34-24-26(25-36-38(32,33)35-23-22-29(3,4)5)37-28(31)21-19-17-15-13-11-9-7-2;1-21(2,3)22(4,5)17-18-16-19(26)25(20(18)27)15-11-7-10-14-24-13-9-6-8-12-23;1-6-10-12-17(8-3)15-26-20(22)14-19(28(5,24)25)21(23)27-16-18(9-4)13-11-7-2;1-6(8,9)7(10,11)16(13,14)12(2)4-5-15-3/h26H,6-25H2,1-5H3;18,24H,6-17,23H2,1-5H3;17-19H,6-16H2,1-5H3;4-5H2,1-3H3. The van der Waals surface area contributed by atoms with Gasteiger partial charge in [0.2, 0.25) is 11.8 Å². The fraction of sp³-hybridized carbons (Fsp3) is 0.923. The number of likely N-dealkylation sites (tertiary alicyclic amines) is 1. The summed E-state index contributed by atoms with van der Waals surface area (Å²) in [6.07, 6.45) is 30.6. The number of hydrogen-bond acceptors (Lipinski definition) is 21. The van der Waals surface area contributed by atoms with Crippen LogP contribution >= 0.6 is 7.82 Å². The summed E-state index contributed by atoms with van der Waals surface area (Å²) in [4.78, 5) is 87.7. The second-order valence-corrected chi connectivity index (χ2v) is 37.5. The monoisotopic (exact) mass is 1630 g/mol. The van der Waals surface area contributed by atoms with Crippen molar-refractivity contribution in [2.45, 2.75) is 318 Å². The predicted octanol–water partition coefficient (Wildman–Crippen LogP) is 15.1. The Morgan fingerprint density at radius 2 is 1.11 bits per heavy atom. The molecule has 1 aliphatic heterocycles. The zero-order valence-corrected chi connectivity index (χ0v) is 73.2. The van der Waals surface area contributed by atoms with Gasteiger partial charge in [-0.1, -0.05) is 205 Å². The van der Waals surface area contributed by atoms with E-state index in [9.17, 15) is 72.6 Å². The highest BCUT2D eigenvalue weighted by Crippen LogP contribution is 2.45. The Kier molecular flexibility index (Phi) is 60.5. The number of phosphoric ester groups is 1. The molecule has 31 heteroatoms. The van der Waals surface area contributed by atoms with E-state index in [1.165, 1.54) is 69.8 Å². The van der Waals surface area contributed by atoms with Crippen LogP contribution < -0.4 is 15.9 Å². The number of amides is 2. The lowest BCUT2D eigenvalue weighted by Crippen LogP contribution is -2.51. The number of imide groups is 1. The molecule has 2 amide bonds. The zero-order valence-electron chi connectivity index (χ0n) is 70.7. The minimum absolute atomic E-state index is 0.0211. The number of carbonyl (C=O) groups excluding carboxylic acids is 6. The SMILES string of the molecule is CC(C)(C)C(C)(C)CC1CC(=O)N(CCCCCNCCCCCN)C1=O.CCCCC(CC)COC(=O)CC(C(=O)OCC(CC)CCCC)S(C)(=O)=O.CCCCCCCCCC(=O)OCC(COP(=O)([O-])OCC[N+](C)(C)C)OC(=O)CCCCCCCCC.COCCN(C)S(=O)(=O)C(F)(F)C(C)(F)F. The number of carbonyl (C=O) groups is 6. The highest BCUT2D eigenvalue weighted by molar-refractivity contribution is 7.92. The van der Waals surface area contributed by atoms with Gasteiger partial charge in [0.25, 0.3) is 17.8 Å². The Morgan fingerprint density at radius 1 is 0.642 bits per heavy atom. The number of methoxy groups -OCH3 is 1. The van der Waals surface area contributed by atoms with Gasteiger partial charge in [-0.25, -0.2) is 16.8 Å². The quantitative estimate of drug-likeness (QED) is 0.0109. The van der Waals surface area contributed by atoms with Gasteiger partial charge in [0.05, 0.1) is 54.0 Å². The number of unbranched alkanes of at least 4 members (excludes halogenated alkanes) is 18. The third-order valence-corrected chi connectivity index (χ3v) is 23.9. The van der Waals surface area contributed by atoms with Crippen LogP contribution in [0.3, 0.4) is 0 Å². The Bertz CT molecular complexity index is 2720. The molecule has 1 rings (SSSR count). The second kappa shape index (κ2) is 60.1. The highest BCUT2D eigenvalue weighted by Gasteiger charge is 2.64. The maximum Gasteiger partial charge on any atom is 0.420 e. The minimum atomic E-state index is -5.40. The highest BCUT2D eigenvalue weighted by atomic mass is 32.2. The van der Waals surface area contributed by atoms with Crippen molar-refractivity contribution in [3.8, 4) is 0 Å². The van der Waals surface area contributed by atoms with Crippen molar-refractivity contribution >= 4 is 63.4 Å². The predicted molar refractivity (Wildman–Crippen MR) is 422 cm³/mol.